The molecule has 0 bridgehead atoms. The number of hydrogen-bond acceptors (Lipinski definition) is 4. The number of likely N-dealkylation sites (tertiary alicyclic amines) is 1. The van der Waals surface area contributed by atoms with Crippen molar-refractivity contribution in [2.75, 3.05) is 6.54 Å². The zero-order valence-electron chi connectivity index (χ0n) is 12.1. The second-order valence-corrected chi connectivity index (χ2v) is 6.51. The van der Waals surface area contributed by atoms with Crippen LogP contribution in [0.25, 0.3) is 0 Å². The molecule has 20 heavy (non-hydrogen) atoms. The topological polar surface area (TPSA) is 83.9 Å². The van der Waals surface area contributed by atoms with E-state index >= 15 is 0 Å². The molecule has 2 aliphatic rings. The number of carboxylic acids is 1. The van der Waals surface area contributed by atoms with Crippen molar-refractivity contribution in [1.29, 1.82) is 0 Å². The van der Waals surface area contributed by atoms with Crippen LogP contribution >= 0.6 is 0 Å². The van der Waals surface area contributed by atoms with Crippen molar-refractivity contribution in [2.45, 2.75) is 51.7 Å². The van der Waals surface area contributed by atoms with Crippen LogP contribution in [-0.4, -0.2) is 46.0 Å². The van der Waals surface area contributed by atoms with Crippen LogP contribution < -0.4 is 0 Å². The minimum absolute atomic E-state index is 0.217. The van der Waals surface area contributed by atoms with Crippen LogP contribution in [0.3, 0.4) is 0 Å². The van der Waals surface area contributed by atoms with Crippen molar-refractivity contribution < 1.29 is 24.2 Å². The van der Waals surface area contributed by atoms with E-state index < -0.39 is 35.4 Å². The van der Waals surface area contributed by atoms with Crippen molar-refractivity contribution in [3.05, 3.63) is 0 Å². The third-order valence-electron chi connectivity index (χ3n) is 3.64. The molecule has 1 saturated heterocycles. The molecule has 6 heteroatoms. The largest absolute Gasteiger partial charge is 0.481 e. The third kappa shape index (κ3) is 3.11. The SMILES string of the molecule is CC(C)(C)OC(=O)[C@@H]1CCCN1C(=O)C1CC1C(=O)O. The summed E-state index contributed by atoms with van der Waals surface area (Å²) >= 11 is 0. The average Bonchev–Trinajstić information content (AvgIpc) is 2.95. The minimum Gasteiger partial charge on any atom is -0.481 e. The van der Waals surface area contributed by atoms with E-state index in [1.54, 1.807) is 20.8 Å². The van der Waals surface area contributed by atoms with E-state index in [1.807, 2.05) is 0 Å². The van der Waals surface area contributed by atoms with Crippen LogP contribution in [0.2, 0.25) is 0 Å². The summed E-state index contributed by atoms with van der Waals surface area (Å²) in [5.74, 6) is -2.59. The average molecular weight is 283 g/mol. The summed E-state index contributed by atoms with van der Waals surface area (Å²) in [6, 6.07) is -0.559. The summed E-state index contributed by atoms with van der Waals surface area (Å²) in [7, 11) is 0. The van der Waals surface area contributed by atoms with E-state index in [0.717, 1.165) is 6.42 Å². The van der Waals surface area contributed by atoms with E-state index in [-0.39, 0.29) is 5.91 Å². The summed E-state index contributed by atoms with van der Waals surface area (Å²) in [4.78, 5) is 36.7. The molecule has 1 aliphatic carbocycles. The standard InChI is InChI=1S/C14H21NO5/c1-14(2,3)20-13(19)10-5-4-6-15(10)11(16)8-7-9(8)12(17)18/h8-10H,4-7H2,1-3H3,(H,17,18)/t8?,9?,10-/m0/s1. The van der Waals surface area contributed by atoms with Gasteiger partial charge in [-0.15, -0.1) is 0 Å². The van der Waals surface area contributed by atoms with Gasteiger partial charge in [-0.05, 0) is 40.0 Å². The highest BCUT2D eigenvalue weighted by Gasteiger charge is 2.52. The van der Waals surface area contributed by atoms with Gasteiger partial charge in [0, 0.05) is 6.54 Å². The summed E-state index contributed by atoms with van der Waals surface area (Å²) in [5.41, 5.74) is -0.586. The Morgan fingerprint density at radius 2 is 1.85 bits per heavy atom. The lowest BCUT2D eigenvalue weighted by Gasteiger charge is -2.27. The first kappa shape index (κ1) is 14.8. The lowest BCUT2D eigenvalue weighted by atomic mass is 10.1. The molecule has 0 aromatic rings. The van der Waals surface area contributed by atoms with Crippen LogP contribution in [0.4, 0.5) is 0 Å². The van der Waals surface area contributed by atoms with Gasteiger partial charge in [0.05, 0.1) is 11.8 Å². The fraction of sp³-hybridized carbons (Fsp3) is 0.786. The van der Waals surface area contributed by atoms with Crippen molar-refractivity contribution in [1.82, 2.24) is 4.90 Å². The quantitative estimate of drug-likeness (QED) is 0.782. The monoisotopic (exact) mass is 283 g/mol. The molecule has 0 spiro atoms. The molecular weight excluding hydrogens is 262 g/mol. The van der Waals surface area contributed by atoms with E-state index in [9.17, 15) is 14.4 Å². The molecule has 1 amide bonds. The highest BCUT2D eigenvalue weighted by atomic mass is 16.6. The number of aliphatic carboxylic acids is 1. The van der Waals surface area contributed by atoms with E-state index in [4.69, 9.17) is 9.84 Å². The minimum atomic E-state index is -0.934. The lowest BCUT2D eigenvalue weighted by Crippen LogP contribution is -2.44. The van der Waals surface area contributed by atoms with Crippen LogP contribution in [0.15, 0.2) is 0 Å². The van der Waals surface area contributed by atoms with E-state index in [0.29, 0.717) is 19.4 Å². The highest BCUT2D eigenvalue weighted by molar-refractivity contribution is 5.92. The Kier molecular flexibility index (Phi) is 3.75. The van der Waals surface area contributed by atoms with Gasteiger partial charge in [0.2, 0.25) is 5.91 Å². The second-order valence-electron chi connectivity index (χ2n) is 6.51. The van der Waals surface area contributed by atoms with Crippen LogP contribution in [-0.2, 0) is 19.1 Å². The first-order valence-corrected chi connectivity index (χ1v) is 6.97. The Balaban J connectivity index is 1.99. The zero-order chi connectivity index (χ0) is 15.1. The van der Waals surface area contributed by atoms with Crippen molar-refractivity contribution in [3.8, 4) is 0 Å². The van der Waals surface area contributed by atoms with Gasteiger partial charge >= 0.3 is 11.9 Å². The van der Waals surface area contributed by atoms with Crippen molar-refractivity contribution >= 4 is 17.8 Å². The Bertz CT molecular complexity index is 439. The number of carboxylic acid groups (broad SMARTS) is 1. The summed E-state index contributed by atoms with van der Waals surface area (Å²) in [5, 5.41) is 8.88. The van der Waals surface area contributed by atoms with Crippen LogP contribution in [0.5, 0.6) is 0 Å². The third-order valence-corrected chi connectivity index (χ3v) is 3.64. The number of carbonyl (C=O) groups is 3. The maximum absolute atomic E-state index is 12.3. The van der Waals surface area contributed by atoms with Gasteiger partial charge in [0.25, 0.3) is 0 Å². The molecule has 1 N–H and O–H groups in total. The number of nitrogens with zero attached hydrogens (tertiary/aromatic N) is 1. The number of esters is 1. The Hall–Kier alpha value is -1.59. The number of hydrogen-bond donors (Lipinski definition) is 1. The molecule has 1 aliphatic heterocycles. The fourth-order valence-electron chi connectivity index (χ4n) is 2.60. The number of rotatable bonds is 3. The van der Waals surface area contributed by atoms with Gasteiger partial charge in [-0.1, -0.05) is 0 Å². The summed E-state index contributed by atoms with van der Waals surface area (Å²) in [6.45, 7) is 5.86. The van der Waals surface area contributed by atoms with Gasteiger partial charge in [-0.2, -0.15) is 0 Å². The van der Waals surface area contributed by atoms with Gasteiger partial charge < -0.3 is 14.7 Å². The van der Waals surface area contributed by atoms with E-state index in [1.165, 1.54) is 4.90 Å². The maximum atomic E-state index is 12.3. The smallest absolute Gasteiger partial charge is 0.329 e. The van der Waals surface area contributed by atoms with Crippen molar-refractivity contribution in [2.24, 2.45) is 11.8 Å². The number of amides is 1. The Labute approximate surface area is 118 Å². The summed E-state index contributed by atoms with van der Waals surface area (Å²) in [6.07, 6.45) is 1.72. The molecule has 2 fully saturated rings. The molecule has 6 nitrogen and oxygen atoms in total. The molecule has 1 heterocycles. The first-order chi connectivity index (χ1) is 9.20. The predicted octanol–water partition coefficient (Wildman–Crippen LogP) is 1.04. The molecule has 112 valence electrons. The zero-order valence-corrected chi connectivity index (χ0v) is 12.1. The molecule has 2 rings (SSSR count). The predicted molar refractivity (Wildman–Crippen MR) is 69.8 cm³/mol. The fourth-order valence-corrected chi connectivity index (χ4v) is 2.60. The lowest BCUT2D eigenvalue weighted by molar-refractivity contribution is -0.163. The Morgan fingerprint density at radius 1 is 1.20 bits per heavy atom. The summed E-state index contributed by atoms with van der Waals surface area (Å²) < 4.78 is 5.33. The molecule has 2 unspecified atom stereocenters. The molecule has 0 aromatic heterocycles. The van der Waals surface area contributed by atoms with Gasteiger partial charge in [0.15, 0.2) is 0 Å². The van der Waals surface area contributed by atoms with Crippen molar-refractivity contribution in [3.63, 3.8) is 0 Å². The molecule has 1 saturated carbocycles. The number of ether oxygens (including phenoxy) is 1. The Morgan fingerprint density at radius 3 is 2.35 bits per heavy atom. The molecule has 3 atom stereocenters. The molecular formula is C14H21NO5. The van der Waals surface area contributed by atoms with Crippen LogP contribution in [0, 0.1) is 11.8 Å². The first-order valence-electron chi connectivity index (χ1n) is 6.97. The van der Waals surface area contributed by atoms with E-state index in [2.05, 4.69) is 0 Å². The molecule has 0 aromatic carbocycles. The highest BCUT2D eigenvalue weighted by Crippen LogP contribution is 2.41. The second kappa shape index (κ2) is 5.07. The van der Waals surface area contributed by atoms with Gasteiger partial charge in [0.1, 0.15) is 11.6 Å². The molecule has 0 radical (unpaired) electrons. The number of carbonyl (C=O) groups excluding carboxylic acids is 2. The van der Waals surface area contributed by atoms with Crippen LogP contribution in [0.1, 0.15) is 40.0 Å². The maximum Gasteiger partial charge on any atom is 0.329 e. The van der Waals surface area contributed by atoms with Gasteiger partial charge in [-0.3, -0.25) is 9.59 Å². The van der Waals surface area contributed by atoms with Gasteiger partial charge in [-0.25, -0.2) is 4.79 Å². The normalized spacial score (nSPS) is 29.1.